The maximum Gasteiger partial charge on any atom is 0.134 e. The Hall–Kier alpha value is -1.10. The molecule has 1 heterocycles. The molecule has 1 aliphatic carbocycles. The van der Waals surface area contributed by atoms with Gasteiger partial charge in [-0.2, -0.15) is 0 Å². The van der Waals surface area contributed by atoms with E-state index in [-0.39, 0.29) is 6.61 Å². The molecule has 0 radical (unpaired) electrons. The largest absolute Gasteiger partial charge is 0.460 e. The molecule has 0 atom stereocenters. The van der Waals surface area contributed by atoms with Crippen LogP contribution in [-0.4, -0.2) is 29.2 Å². The van der Waals surface area contributed by atoms with Gasteiger partial charge in [-0.25, -0.2) is 0 Å². The van der Waals surface area contributed by atoms with Gasteiger partial charge in [-0.1, -0.05) is 34.5 Å². The molecule has 1 N–H and O–H groups in total. The van der Waals surface area contributed by atoms with Gasteiger partial charge >= 0.3 is 0 Å². The van der Waals surface area contributed by atoms with Crippen LogP contribution in [0.2, 0.25) is 0 Å². The first-order valence-corrected chi connectivity index (χ1v) is 8.25. The third kappa shape index (κ3) is 3.57. The lowest BCUT2D eigenvalue weighted by Crippen LogP contribution is -2.41. The average Bonchev–Trinajstić information content (AvgIpc) is 2.86. The third-order valence-corrected chi connectivity index (χ3v) is 4.66. The Balaban J connectivity index is 1.70. The molecule has 0 bridgehead atoms. The summed E-state index contributed by atoms with van der Waals surface area (Å²) in [6.45, 7) is 1.71. The second kappa shape index (κ2) is 6.77. The van der Waals surface area contributed by atoms with E-state index in [1.165, 1.54) is 19.3 Å². The van der Waals surface area contributed by atoms with E-state index in [0.29, 0.717) is 6.04 Å². The van der Waals surface area contributed by atoms with E-state index < -0.39 is 0 Å². The van der Waals surface area contributed by atoms with Gasteiger partial charge in [0.25, 0.3) is 0 Å². The molecule has 1 aromatic heterocycles. The Morgan fingerprint density at radius 3 is 2.52 bits per heavy atom. The molecule has 0 saturated heterocycles. The molecule has 2 aromatic rings. The summed E-state index contributed by atoms with van der Waals surface area (Å²) in [4.78, 5) is 2.33. The highest BCUT2D eigenvalue weighted by molar-refractivity contribution is 9.10. The number of benzene rings is 1. The summed E-state index contributed by atoms with van der Waals surface area (Å²) in [7, 11) is 0. The quantitative estimate of drug-likeness (QED) is 0.854. The molecule has 0 unspecified atom stereocenters. The SMILES string of the molecule is OCCN(Cc1ccc(-c2ccc(Br)cc2)o1)C1CCC1. The Bertz CT molecular complexity index is 575. The molecule has 21 heavy (non-hydrogen) atoms. The first-order chi connectivity index (χ1) is 10.3. The van der Waals surface area contributed by atoms with Crippen LogP contribution in [0.1, 0.15) is 25.0 Å². The van der Waals surface area contributed by atoms with Gasteiger partial charge < -0.3 is 9.52 Å². The fraction of sp³-hybridized carbons (Fsp3) is 0.412. The van der Waals surface area contributed by atoms with Crippen molar-refractivity contribution in [3.63, 3.8) is 0 Å². The van der Waals surface area contributed by atoms with Gasteiger partial charge in [0, 0.05) is 22.6 Å². The van der Waals surface area contributed by atoms with Crippen LogP contribution in [0.5, 0.6) is 0 Å². The summed E-state index contributed by atoms with van der Waals surface area (Å²) in [5, 5.41) is 9.22. The topological polar surface area (TPSA) is 36.6 Å². The molecule has 1 aliphatic rings. The maximum absolute atomic E-state index is 9.22. The van der Waals surface area contributed by atoms with E-state index in [1.807, 2.05) is 36.4 Å². The van der Waals surface area contributed by atoms with E-state index in [2.05, 4.69) is 20.8 Å². The van der Waals surface area contributed by atoms with Crippen molar-refractivity contribution < 1.29 is 9.52 Å². The zero-order valence-corrected chi connectivity index (χ0v) is 13.6. The van der Waals surface area contributed by atoms with Crippen molar-refractivity contribution in [3.05, 3.63) is 46.6 Å². The van der Waals surface area contributed by atoms with Crippen molar-refractivity contribution in [1.82, 2.24) is 4.90 Å². The monoisotopic (exact) mass is 349 g/mol. The number of furan rings is 1. The van der Waals surface area contributed by atoms with Crippen LogP contribution in [0.4, 0.5) is 0 Å². The second-order valence-corrected chi connectivity index (χ2v) is 6.47. The lowest BCUT2D eigenvalue weighted by molar-refractivity contribution is 0.0880. The number of aliphatic hydroxyl groups excluding tert-OH is 1. The number of aliphatic hydroxyl groups is 1. The van der Waals surface area contributed by atoms with Gasteiger partial charge in [0.2, 0.25) is 0 Å². The molecule has 1 fully saturated rings. The highest BCUT2D eigenvalue weighted by Crippen LogP contribution is 2.28. The molecule has 112 valence electrons. The van der Waals surface area contributed by atoms with E-state index in [1.54, 1.807) is 0 Å². The molecule has 3 rings (SSSR count). The van der Waals surface area contributed by atoms with Crippen LogP contribution in [0.15, 0.2) is 45.3 Å². The highest BCUT2D eigenvalue weighted by atomic mass is 79.9. The van der Waals surface area contributed by atoms with Gasteiger partial charge in [0.15, 0.2) is 0 Å². The summed E-state index contributed by atoms with van der Waals surface area (Å²) in [6, 6.07) is 12.8. The van der Waals surface area contributed by atoms with Gasteiger partial charge in [0.05, 0.1) is 13.2 Å². The third-order valence-electron chi connectivity index (χ3n) is 4.13. The standard InChI is InChI=1S/C17H20BrNO2/c18-14-6-4-13(5-7-14)17-9-8-16(21-17)12-19(10-11-20)15-2-1-3-15/h4-9,15,20H,1-3,10-12H2. The van der Waals surface area contributed by atoms with E-state index in [4.69, 9.17) is 4.42 Å². The minimum atomic E-state index is 0.205. The number of hydrogen-bond donors (Lipinski definition) is 1. The van der Waals surface area contributed by atoms with Crippen LogP contribution < -0.4 is 0 Å². The number of rotatable bonds is 6. The summed E-state index contributed by atoms with van der Waals surface area (Å²) >= 11 is 3.44. The second-order valence-electron chi connectivity index (χ2n) is 5.55. The van der Waals surface area contributed by atoms with Crippen LogP contribution >= 0.6 is 15.9 Å². The molecule has 0 aliphatic heterocycles. The van der Waals surface area contributed by atoms with Crippen LogP contribution in [0.25, 0.3) is 11.3 Å². The average molecular weight is 350 g/mol. The minimum absolute atomic E-state index is 0.205. The molecule has 0 amide bonds. The van der Waals surface area contributed by atoms with Gasteiger partial charge in [0.1, 0.15) is 11.5 Å². The van der Waals surface area contributed by atoms with E-state index in [9.17, 15) is 5.11 Å². The first-order valence-electron chi connectivity index (χ1n) is 7.46. The van der Waals surface area contributed by atoms with E-state index >= 15 is 0 Å². The van der Waals surface area contributed by atoms with Crippen molar-refractivity contribution >= 4 is 15.9 Å². The van der Waals surface area contributed by atoms with Crippen molar-refractivity contribution in [2.24, 2.45) is 0 Å². The van der Waals surface area contributed by atoms with Crippen molar-refractivity contribution in [2.75, 3.05) is 13.2 Å². The number of halogens is 1. The fourth-order valence-electron chi connectivity index (χ4n) is 2.70. The zero-order valence-electron chi connectivity index (χ0n) is 12.0. The molecule has 0 spiro atoms. The summed E-state index contributed by atoms with van der Waals surface area (Å²) in [5.41, 5.74) is 1.09. The zero-order chi connectivity index (χ0) is 14.7. The fourth-order valence-corrected chi connectivity index (χ4v) is 2.97. The first kappa shape index (κ1) is 14.8. The lowest BCUT2D eigenvalue weighted by atomic mass is 9.91. The summed E-state index contributed by atoms with van der Waals surface area (Å²) in [5.74, 6) is 1.86. The van der Waals surface area contributed by atoms with Crippen molar-refractivity contribution in [1.29, 1.82) is 0 Å². The molecule has 4 heteroatoms. The summed E-state index contributed by atoms with van der Waals surface area (Å²) in [6.07, 6.45) is 3.77. The number of nitrogens with zero attached hydrogens (tertiary/aromatic N) is 1. The van der Waals surface area contributed by atoms with Crippen molar-refractivity contribution in [3.8, 4) is 11.3 Å². The van der Waals surface area contributed by atoms with Crippen LogP contribution in [-0.2, 0) is 6.54 Å². The van der Waals surface area contributed by atoms with Crippen molar-refractivity contribution in [2.45, 2.75) is 31.8 Å². The smallest absolute Gasteiger partial charge is 0.134 e. The predicted octanol–water partition coefficient (Wildman–Crippen LogP) is 4.06. The lowest BCUT2D eigenvalue weighted by Gasteiger charge is -2.36. The molecule has 1 saturated carbocycles. The maximum atomic E-state index is 9.22. The molecular weight excluding hydrogens is 330 g/mol. The highest BCUT2D eigenvalue weighted by Gasteiger charge is 2.25. The van der Waals surface area contributed by atoms with E-state index in [0.717, 1.165) is 34.6 Å². The van der Waals surface area contributed by atoms with Gasteiger partial charge in [-0.3, -0.25) is 4.90 Å². The molecule has 1 aromatic carbocycles. The van der Waals surface area contributed by atoms with Gasteiger partial charge in [-0.15, -0.1) is 0 Å². The normalized spacial score (nSPS) is 15.4. The van der Waals surface area contributed by atoms with Gasteiger partial charge in [-0.05, 0) is 37.1 Å². The molecular formula is C17H20BrNO2. The minimum Gasteiger partial charge on any atom is -0.460 e. The Labute approximate surface area is 133 Å². The Kier molecular flexibility index (Phi) is 4.78. The summed E-state index contributed by atoms with van der Waals surface area (Å²) < 4.78 is 7.03. The van der Waals surface area contributed by atoms with Crippen LogP contribution in [0, 0.1) is 0 Å². The van der Waals surface area contributed by atoms with Crippen LogP contribution in [0.3, 0.4) is 0 Å². The molecule has 3 nitrogen and oxygen atoms in total. The predicted molar refractivity (Wildman–Crippen MR) is 87.0 cm³/mol. The number of hydrogen-bond acceptors (Lipinski definition) is 3. The Morgan fingerprint density at radius 1 is 1.14 bits per heavy atom. The Morgan fingerprint density at radius 2 is 1.90 bits per heavy atom.